The van der Waals surface area contributed by atoms with E-state index in [-0.39, 0.29) is 17.2 Å². The highest BCUT2D eigenvalue weighted by molar-refractivity contribution is 6.72. The molecular formula is C26H35NOSi. The lowest BCUT2D eigenvalue weighted by Crippen LogP contribution is -2.28. The summed E-state index contributed by atoms with van der Waals surface area (Å²) in [7, 11) is -0.638. The average Bonchev–Trinajstić information content (AvgIpc) is 3.02. The molecule has 0 heterocycles. The van der Waals surface area contributed by atoms with Gasteiger partial charge in [0.2, 0.25) is 5.91 Å². The Kier molecular flexibility index (Phi) is 5.75. The minimum atomic E-state index is -0.638. The van der Waals surface area contributed by atoms with E-state index in [1.54, 1.807) is 0 Å². The number of rotatable bonds is 3. The topological polar surface area (TPSA) is 43.1 Å². The van der Waals surface area contributed by atoms with Crippen molar-refractivity contribution in [3.63, 3.8) is 0 Å². The summed E-state index contributed by atoms with van der Waals surface area (Å²) < 4.78 is 0. The molecule has 1 unspecified atom stereocenters. The van der Waals surface area contributed by atoms with Crippen molar-refractivity contribution >= 4 is 31.1 Å². The Labute approximate surface area is 177 Å². The first kappa shape index (κ1) is 21.7. The zero-order valence-electron chi connectivity index (χ0n) is 19.3. The Morgan fingerprint density at radius 3 is 2.41 bits per heavy atom. The predicted octanol–water partition coefficient (Wildman–Crippen LogP) is 5.68. The SMILES string of the molecule is CCC1=Cc2cc(C(C)(C)C)cc(C3=C(C)C(=[Si](C)C)C(C)C=C3C(N)=O)c2C1. The molecule has 0 spiro atoms. The molecule has 3 rings (SSSR count). The molecule has 0 radical (unpaired) electrons. The van der Waals surface area contributed by atoms with Crippen molar-refractivity contribution in [2.45, 2.75) is 72.9 Å². The van der Waals surface area contributed by atoms with Gasteiger partial charge in [0.25, 0.3) is 0 Å². The molecule has 0 aliphatic heterocycles. The van der Waals surface area contributed by atoms with Crippen molar-refractivity contribution in [2.75, 3.05) is 0 Å². The summed E-state index contributed by atoms with van der Waals surface area (Å²) >= 11 is 0. The van der Waals surface area contributed by atoms with Gasteiger partial charge < -0.3 is 5.73 Å². The molecule has 2 nitrogen and oxygen atoms in total. The Bertz CT molecular complexity index is 1010. The molecule has 29 heavy (non-hydrogen) atoms. The lowest BCUT2D eigenvalue weighted by Gasteiger charge is -2.29. The van der Waals surface area contributed by atoms with E-state index in [1.165, 1.54) is 38.6 Å². The summed E-state index contributed by atoms with van der Waals surface area (Å²) in [6.07, 6.45) is 6.48. The number of carbonyl (C=O) groups is 1. The van der Waals surface area contributed by atoms with Gasteiger partial charge in [0, 0.05) is 14.0 Å². The van der Waals surface area contributed by atoms with Gasteiger partial charge in [-0.15, -0.1) is 0 Å². The molecule has 0 saturated heterocycles. The van der Waals surface area contributed by atoms with Gasteiger partial charge in [-0.1, -0.05) is 82.7 Å². The smallest absolute Gasteiger partial charge is 0.249 e. The number of carbonyl (C=O) groups excluding carboxylic acids is 1. The summed E-state index contributed by atoms with van der Waals surface area (Å²) in [4.78, 5) is 12.5. The van der Waals surface area contributed by atoms with Crippen LogP contribution in [0.3, 0.4) is 0 Å². The van der Waals surface area contributed by atoms with Gasteiger partial charge in [0.1, 0.15) is 0 Å². The molecule has 0 aromatic heterocycles. The summed E-state index contributed by atoms with van der Waals surface area (Å²) in [5.41, 5.74) is 15.6. The minimum absolute atomic E-state index is 0.0383. The van der Waals surface area contributed by atoms with Crippen LogP contribution >= 0.6 is 0 Å². The van der Waals surface area contributed by atoms with E-state index in [0.717, 1.165) is 18.4 Å². The van der Waals surface area contributed by atoms with E-state index in [2.05, 4.69) is 78.9 Å². The fourth-order valence-corrected chi connectivity index (χ4v) is 6.75. The van der Waals surface area contributed by atoms with Gasteiger partial charge in [-0.25, -0.2) is 0 Å². The Morgan fingerprint density at radius 1 is 1.24 bits per heavy atom. The van der Waals surface area contributed by atoms with Crippen LogP contribution in [-0.2, 0) is 16.6 Å². The van der Waals surface area contributed by atoms with E-state index in [0.29, 0.717) is 5.57 Å². The molecule has 154 valence electrons. The zero-order chi connectivity index (χ0) is 21.7. The molecule has 0 fully saturated rings. The summed E-state index contributed by atoms with van der Waals surface area (Å²) in [6, 6.07) is 4.67. The molecule has 1 amide bonds. The van der Waals surface area contributed by atoms with E-state index >= 15 is 0 Å². The number of allylic oxidation sites excluding steroid dienone is 3. The maximum absolute atomic E-state index is 12.5. The summed E-state index contributed by atoms with van der Waals surface area (Å²) in [5, 5.41) is 1.51. The second-order valence-electron chi connectivity index (χ2n) is 9.82. The van der Waals surface area contributed by atoms with Crippen molar-refractivity contribution < 1.29 is 4.79 Å². The monoisotopic (exact) mass is 405 g/mol. The standard InChI is InChI=1S/C26H35NOSi/c1-9-17-11-18-13-19(26(4,5)6)14-21(20(18)12-17)23-16(3)24(29(7)8)15(2)10-22(23)25(27)28/h10-11,13-15H,9,12H2,1-8H3,(H2,27,28). The van der Waals surface area contributed by atoms with Crippen molar-refractivity contribution in [1.29, 1.82) is 0 Å². The van der Waals surface area contributed by atoms with Gasteiger partial charge in [-0.3, -0.25) is 4.79 Å². The van der Waals surface area contributed by atoms with Crippen LogP contribution < -0.4 is 5.73 Å². The number of nitrogens with two attached hydrogens (primary N) is 1. The fraction of sp³-hybridized carbons (Fsp3) is 0.462. The van der Waals surface area contributed by atoms with Crippen LogP contribution in [0.2, 0.25) is 13.1 Å². The number of hydrogen-bond acceptors (Lipinski definition) is 1. The predicted molar refractivity (Wildman–Crippen MR) is 129 cm³/mol. The highest BCUT2D eigenvalue weighted by Gasteiger charge is 2.30. The maximum Gasteiger partial charge on any atom is 0.249 e. The molecule has 2 aliphatic carbocycles. The molecule has 0 bridgehead atoms. The van der Waals surface area contributed by atoms with Crippen molar-refractivity contribution in [3.8, 4) is 0 Å². The van der Waals surface area contributed by atoms with Crippen molar-refractivity contribution in [1.82, 2.24) is 0 Å². The molecule has 2 N–H and O–H groups in total. The fourth-order valence-electron chi connectivity index (χ4n) is 4.88. The van der Waals surface area contributed by atoms with Crippen LogP contribution in [0.25, 0.3) is 11.6 Å². The second kappa shape index (κ2) is 7.68. The first-order chi connectivity index (χ1) is 13.5. The molecule has 1 atom stereocenters. The van der Waals surface area contributed by atoms with E-state index in [1.807, 2.05) is 0 Å². The van der Waals surface area contributed by atoms with Gasteiger partial charge in [-0.2, -0.15) is 0 Å². The normalized spacial score (nSPS) is 19.2. The molecule has 0 saturated carbocycles. The third kappa shape index (κ3) is 3.89. The number of benzene rings is 1. The Balaban J connectivity index is 2.37. The first-order valence-corrected chi connectivity index (χ1v) is 13.2. The van der Waals surface area contributed by atoms with Crippen LogP contribution in [0, 0.1) is 5.92 Å². The molecular weight excluding hydrogens is 370 g/mol. The number of amides is 1. The third-order valence-corrected chi connectivity index (χ3v) is 8.27. The summed E-state index contributed by atoms with van der Waals surface area (Å²) in [6.45, 7) is 18.1. The highest BCUT2D eigenvalue weighted by Crippen LogP contribution is 2.42. The molecule has 3 heteroatoms. The van der Waals surface area contributed by atoms with E-state index in [4.69, 9.17) is 5.73 Å². The third-order valence-electron chi connectivity index (χ3n) is 6.36. The van der Waals surface area contributed by atoms with E-state index in [9.17, 15) is 4.79 Å². The molecule has 2 aliphatic rings. The second-order valence-corrected chi connectivity index (χ2v) is 12.4. The van der Waals surface area contributed by atoms with Gasteiger partial charge in [-0.05, 0) is 64.5 Å². The number of hydrogen-bond donors (Lipinski definition) is 1. The van der Waals surface area contributed by atoms with Crippen LogP contribution in [0.15, 0.2) is 34.9 Å². The lowest BCUT2D eigenvalue weighted by molar-refractivity contribution is -0.114. The van der Waals surface area contributed by atoms with Crippen molar-refractivity contribution in [3.05, 3.63) is 57.2 Å². The van der Waals surface area contributed by atoms with Crippen molar-refractivity contribution in [2.24, 2.45) is 11.7 Å². The molecule has 1 aromatic rings. The van der Waals surface area contributed by atoms with Gasteiger partial charge in [0.05, 0.1) is 0 Å². The van der Waals surface area contributed by atoms with Crippen LogP contribution in [0.4, 0.5) is 0 Å². The van der Waals surface area contributed by atoms with Gasteiger partial charge in [0.15, 0.2) is 0 Å². The summed E-state index contributed by atoms with van der Waals surface area (Å²) in [5.74, 6) is -0.0453. The highest BCUT2D eigenvalue weighted by atomic mass is 28.2. The lowest BCUT2D eigenvalue weighted by atomic mass is 9.77. The Morgan fingerprint density at radius 2 is 1.90 bits per heavy atom. The van der Waals surface area contributed by atoms with Crippen LogP contribution in [-0.4, -0.2) is 19.5 Å². The quantitative estimate of drug-likeness (QED) is 0.646. The average molecular weight is 406 g/mol. The largest absolute Gasteiger partial charge is 0.366 e. The number of fused-ring (bicyclic) bond motifs is 1. The minimum Gasteiger partial charge on any atom is -0.366 e. The Hall–Kier alpha value is -2.00. The van der Waals surface area contributed by atoms with Gasteiger partial charge >= 0.3 is 0 Å². The van der Waals surface area contributed by atoms with E-state index < -0.39 is 8.41 Å². The first-order valence-electron chi connectivity index (χ1n) is 10.7. The van der Waals surface area contributed by atoms with Crippen LogP contribution in [0.5, 0.6) is 0 Å². The number of primary amides is 1. The maximum atomic E-state index is 12.5. The van der Waals surface area contributed by atoms with Crippen LogP contribution in [0.1, 0.15) is 70.2 Å². The molecule has 1 aromatic carbocycles. The zero-order valence-corrected chi connectivity index (χ0v) is 20.3.